The Morgan fingerprint density at radius 1 is 1.48 bits per heavy atom. The fourth-order valence-corrected chi connectivity index (χ4v) is 6.35. The zero-order chi connectivity index (χ0) is 23.9. The smallest absolute Gasteiger partial charge is 0.352 e. The summed E-state index contributed by atoms with van der Waals surface area (Å²) in [6, 6.07) is -0.908. The van der Waals surface area contributed by atoms with Crippen LogP contribution in [0, 0.1) is 0 Å². The van der Waals surface area contributed by atoms with Crippen molar-refractivity contribution in [1.29, 1.82) is 0 Å². The number of aliphatic hydroxyl groups is 1. The van der Waals surface area contributed by atoms with Gasteiger partial charge in [0.25, 0.3) is 11.8 Å². The number of carboxylic acids is 1. The first kappa shape index (κ1) is 23.5. The molecule has 0 spiro atoms. The molecule has 33 heavy (non-hydrogen) atoms. The number of carbonyl (C=O) groups excluding carboxylic acids is 2. The van der Waals surface area contributed by atoms with Crippen molar-refractivity contribution in [3.8, 4) is 0 Å². The highest BCUT2D eigenvalue weighted by molar-refractivity contribution is 8.00. The van der Waals surface area contributed by atoms with E-state index in [0.717, 1.165) is 17.9 Å². The van der Waals surface area contributed by atoms with Crippen LogP contribution >= 0.6 is 23.1 Å². The van der Waals surface area contributed by atoms with E-state index in [4.69, 9.17) is 10.6 Å². The Bertz CT molecular complexity index is 1060. The quantitative estimate of drug-likeness (QED) is 0.160. The van der Waals surface area contributed by atoms with Crippen LogP contribution in [0.5, 0.6) is 0 Å². The van der Waals surface area contributed by atoms with Gasteiger partial charge in [-0.3, -0.25) is 14.5 Å². The Labute approximate surface area is 197 Å². The van der Waals surface area contributed by atoms with Gasteiger partial charge in [0.05, 0.1) is 13.6 Å². The number of amides is 2. The Morgan fingerprint density at radius 2 is 2.24 bits per heavy atom. The molecule has 0 bridgehead atoms. The number of nitrogens with zero attached hydrogens (tertiary/aromatic N) is 4. The summed E-state index contributed by atoms with van der Waals surface area (Å²) < 4.78 is 0.522. The molecule has 3 unspecified atom stereocenters. The molecule has 14 heteroatoms. The Balaban J connectivity index is 1.51. The minimum absolute atomic E-state index is 0.0342. The van der Waals surface area contributed by atoms with Gasteiger partial charge in [-0.25, -0.2) is 9.78 Å². The van der Waals surface area contributed by atoms with Crippen molar-refractivity contribution in [2.24, 2.45) is 5.16 Å². The molecule has 2 amide bonds. The number of carbonyl (C=O) groups is 3. The van der Waals surface area contributed by atoms with Crippen LogP contribution in [0.2, 0.25) is 0 Å². The minimum Gasteiger partial charge on any atom is -0.477 e. The summed E-state index contributed by atoms with van der Waals surface area (Å²) >= 11 is 2.53. The number of oxime groups is 1. The SMILES string of the molecule is CO/N=C(\C(=O)NC1C(=O)N2C(C(=O)O)=C(C[N+]3(C)CCC(O)C3)CS[C@@H]12)c1csc(N)n1. The number of likely N-dealkylation sites (N-methyl/N-ethyl adjacent to an activating group) is 1. The van der Waals surface area contributed by atoms with Gasteiger partial charge in [-0.05, 0) is 0 Å². The lowest BCUT2D eigenvalue weighted by molar-refractivity contribution is -0.894. The van der Waals surface area contributed by atoms with E-state index in [0.29, 0.717) is 35.3 Å². The fourth-order valence-electron chi connectivity index (χ4n) is 4.46. The van der Waals surface area contributed by atoms with Crippen LogP contribution in [-0.2, 0) is 19.2 Å². The van der Waals surface area contributed by atoms with E-state index in [-0.39, 0.29) is 22.2 Å². The maximum Gasteiger partial charge on any atom is 0.352 e. The number of hydrogen-bond donors (Lipinski definition) is 4. The maximum absolute atomic E-state index is 12.9. The molecule has 4 heterocycles. The molecule has 3 aliphatic rings. The average molecular weight is 498 g/mol. The van der Waals surface area contributed by atoms with Crippen molar-refractivity contribution in [2.45, 2.75) is 23.9 Å². The number of hydrogen-bond acceptors (Lipinski definition) is 10. The summed E-state index contributed by atoms with van der Waals surface area (Å²) in [5.41, 5.74) is 6.34. The second-order valence-corrected chi connectivity index (χ2v) is 10.4. The molecular weight excluding hydrogens is 472 g/mol. The molecule has 2 saturated heterocycles. The third-order valence-electron chi connectivity index (χ3n) is 5.92. The van der Waals surface area contributed by atoms with Crippen molar-refractivity contribution >= 4 is 51.7 Å². The molecule has 0 radical (unpaired) electrons. The lowest BCUT2D eigenvalue weighted by atomic mass is 10.0. The van der Waals surface area contributed by atoms with Crippen LogP contribution in [-0.4, -0.2) is 105 Å². The van der Waals surface area contributed by atoms with Gasteiger partial charge in [0, 0.05) is 23.1 Å². The summed E-state index contributed by atoms with van der Waals surface area (Å²) in [6.07, 6.45) is 0.253. The maximum atomic E-state index is 12.9. The van der Waals surface area contributed by atoms with E-state index < -0.39 is 35.3 Å². The topological polar surface area (TPSA) is 167 Å². The molecular formula is C19H25N6O6S2+. The van der Waals surface area contributed by atoms with Crippen molar-refractivity contribution in [1.82, 2.24) is 15.2 Å². The number of thioether (sulfide) groups is 1. The molecule has 1 aromatic heterocycles. The predicted octanol–water partition coefficient (Wildman–Crippen LogP) is -0.974. The zero-order valence-electron chi connectivity index (χ0n) is 18.1. The molecule has 1 aromatic rings. The summed E-state index contributed by atoms with van der Waals surface area (Å²) in [5, 5.41) is 27.4. The van der Waals surface area contributed by atoms with E-state index in [1.165, 1.54) is 23.8 Å². The molecule has 4 rings (SSSR count). The molecule has 178 valence electrons. The number of carboxylic acid groups (broad SMARTS) is 1. The van der Waals surface area contributed by atoms with Gasteiger partial charge < -0.3 is 30.6 Å². The van der Waals surface area contributed by atoms with Crippen molar-refractivity contribution in [2.75, 3.05) is 45.3 Å². The molecule has 4 atom stereocenters. The van der Waals surface area contributed by atoms with Crippen LogP contribution < -0.4 is 11.1 Å². The van der Waals surface area contributed by atoms with Gasteiger partial charge in [-0.2, -0.15) is 0 Å². The Morgan fingerprint density at radius 3 is 2.82 bits per heavy atom. The number of quaternary nitrogens is 1. The summed E-state index contributed by atoms with van der Waals surface area (Å²) in [4.78, 5) is 47.9. The number of nitrogens with two attached hydrogens (primary N) is 1. The number of anilines is 1. The largest absolute Gasteiger partial charge is 0.477 e. The summed E-state index contributed by atoms with van der Waals surface area (Å²) in [6.45, 7) is 1.72. The number of likely N-dealkylation sites (tertiary alicyclic amines) is 1. The van der Waals surface area contributed by atoms with E-state index in [1.54, 1.807) is 5.38 Å². The number of aromatic nitrogens is 1. The van der Waals surface area contributed by atoms with E-state index in [2.05, 4.69) is 15.5 Å². The highest BCUT2D eigenvalue weighted by Crippen LogP contribution is 2.41. The number of aliphatic hydroxyl groups excluding tert-OH is 1. The first-order valence-electron chi connectivity index (χ1n) is 10.2. The van der Waals surface area contributed by atoms with Gasteiger partial charge in [-0.1, -0.05) is 5.16 Å². The normalized spacial score (nSPS) is 29.5. The number of rotatable bonds is 7. The van der Waals surface area contributed by atoms with Crippen LogP contribution in [0.15, 0.2) is 21.8 Å². The third-order valence-corrected chi connectivity index (χ3v) is 7.94. The first-order valence-corrected chi connectivity index (χ1v) is 12.1. The third kappa shape index (κ3) is 4.43. The van der Waals surface area contributed by atoms with Gasteiger partial charge in [0.15, 0.2) is 10.8 Å². The molecule has 12 nitrogen and oxygen atoms in total. The Kier molecular flexibility index (Phi) is 6.35. The van der Waals surface area contributed by atoms with Crippen LogP contribution in [0.25, 0.3) is 0 Å². The van der Waals surface area contributed by atoms with Crippen LogP contribution in [0.3, 0.4) is 0 Å². The van der Waals surface area contributed by atoms with Gasteiger partial charge in [0.2, 0.25) is 0 Å². The Hall–Kier alpha value is -2.68. The van der Waals surface area contributed by atoms with E-state index >= 15 is 0 Å². The van der Waals surface area contributed by atoms with Crippen LogP contribution in [0.1, 0.15) is 12.1 Å². The van der Waals surface area contributed by atoms with Gasteiger partial charge >= 0.3 is 5.97 Å². The number of β-lactam (4-membered cyclic amide) rings is 1. The highest BCUT2D eigenvalue weighted by atomic mass is 32.2. The van der Waals surface area contributed by atoms with Crippen molar-refractivity contribution in [3.05, 3.63) is 22.3 Å². The molecule has 0 saturated carbocycles. The standard InChI is InChI=1S/C19H24N6O6S2/c1-25(4-3-10(26)6-25)5-9-7-32-17-13(16(28)24(17)14(9)18(29)30)22-15(27)12(23-31-2)11-8-33-19(20)21-11/h8,10,13,17,26H,3-7H2,1-2H3,(H3-,20,21,22,27,29,30)/p+1/b23-12-/t10?,13?,17-,25?/m0/s1. The second kappa shape index (κ2) is 8.93. The van der Waals surface area contributed by atoms with Gasteiger partial charge in [-0.15, -0.1) is 23.1 Å². The van der Waals surface area contributed by atoms with E-state index in [1.807, 2.05) is 7.05 Å². The number of thiazole rings is 1. The van der Waals surface area contributed by atoms with Crippen LogP contribution in [0.4, 0.5) is 5.13 Å². The first-order chi connectivity index (χ1) is 15.6. The molecule has 2 fully saturated rings. The fraction of sp³-hybridized carbons (Fsp3) is 0.526. The minimum atomic E-state index is -1.18. The summed E-state index contributed by atoms with van der Waals surface area (Å²) in [7, 11) is 3.26. The number of fused-ring (bicyclic) bond motifs is 1. The predicted molar refractivity (Wildman–Crippen MR) is 121 cm³/mol. The van der Waals surface area contributed by atoms with Crippen molar-refractivity contribution in [3.63, 3.8) is 0 Å². The second-order valence-electron chi connectivity index (χ2n) is 8.44. The molecule has 0 aliphatic carbocycles. The number of nitrogens with one attached hydrogen (secondary N) is 1. The van der Waals surface area contributed by atoms with Crippen molar-refractivity contribution < 1.29 is 33.9 Å². The van der Waals surface area contributed by atoms with E-state index in [9.17, 15) is 24.6 Å². The highest BCUT2D eigenvalue weighted by Gasteiger charge is 2.55. The molecule has 3 aliphatic heterocycles. The number of nitrogen functional groups attached to an aromatic ring is 1. The lowest BCUT2D eigenvalue weighted by Crippen LogP contribution is -2.71. The summed E-state index contributed by atoms with van der Waals surface area (Å²) in [5.74, 6) is -1.95. The lowest BCUT2D eigenvalue weighted by Gasteiger charge is -2.49. The average Bonchev–Trinajstić information content (AvgIpc) is 3.34. The monoisotopic (exact) mass is 497 g/mol. The zero-order valence-corrected chi connectivity index (χ0v) is 19.7. The van der Waals surface area contributed by atoms with Gasteiger partial charge in [0.1, 0.15) is 49.1 Å². The molecule has 0 aromatic carbocycles. The number of aliphatic carboxylic acids is 1. The molecule has 5 N–H and O–H groups in total.